The van der Waals surface area contributed by atoms with Crippen molar-refractivity contribution < 1.29 is 4.74 Å². The summed E-state index contributed by atoms with van der Waals surface area (Å²) in [5.41, 5.74) is 4.26. The number of benzene rings is 2. The molecule has 0 unspecified atom stereocenters. The van der Waals surface area contributed by atoms with E-state index in [1.54, 1.807) is 18.9 Å². The van der Waals surface area contributed by atoms with Gasteiger partial charge in [0.15, 0.2) is 4.34 Å². The van der Waals surface area contributed by atoms with E-state index in [4.69, 9.17) is 4.74 Å². The molecule has 0 bridgehead atoms. The van der Waals surface area contributed by atoms with Crippen molar-refractivity contribution in [3.8, 4) is 17.5 Å². The van der Waals surface area contributed by atoms with Gasteiger partial charge in [-0.2, -0.15) is 10.4 Å². The highest BCUT2D eigenvalue weighted by molar-refractivity contribution is 8.00. The topological polar surface area (TPSA) is 88.7 Å². The van der Waals surface area contributed by atoms with Gasteiger partial charge in [-0.1, -0.05) is 53.4 Å². The zero-order chi connectivity index (χ0) is 21.6. The van der Waals surface area contributed by atoms with Gasteiger partial charge < -0.3 is 10.1 Å². The van der Waals surface area contributed by atoms with E-state index in [9.17, 15) is 5.26 Å². The second-order valence-corrected chi connectivity index (χ2v) is 8.83. The third-order valence-corrected chi connectivity index (χ3v) is 6.64. The molecule has 31 heavy (non-hydrogen) atoms. The number of nitrogens with zero attached hydrogens (tertiary/aromatic N) is 5. The first kappa shape index (κ1) is 20.9. The van der Waals surface area contributed by atoms with E-state index in [2.05, 4.69) is 26.7 Å². The molecule has 0 aliphatic carbocycles. The maximum absolute atomic E-state index is 9.62. The molecule has 4 rings (SSSR count). The van der Waals surface area contributed by atoms with E-state index in [1.165, 1.54) is 11.3 Å². The molecule has 0 fully saturated rings. The molecule has 0 aliphatic rings. The molecule has 1 N–H and O–H groups in total. The fourth-order valence-corrected chi connectivity index (χ4v) is 4.77. The molecule has 0 atom stereocenters. The first-order chi connectivity index (χ1) is 15.2. The van der Waals surface area contributed by atoms with Crippen molar-refractivity contribution in [2.45, 2.75) is 23.6 Å². The van der Waals surface area contributed by atoms with Gasteiger partial charge in [-0.15, -0.1) is 10.2 Å². The lowest BCUT2D eigenvalue weighted by Gasteiger charge is -2.06. The third kappa shape index (κ3) is 4.87. The van der Waals surface area contributed by atoms with Gasteiger partial charge in [0.2, 0.25) is 5.13 Å². The number of rotatable bonds is 8. The van der Waals surface area contributed by atoms with Gasteiger partial charge in [0.25, 0.3) is 0 Å². The van der Waals surface area contributed by atoms with Crippen molar-refractivity contribution >= 4 is 28.2 Å². The van der Waals surface area contributed by atoms with Crippen molar-refractivity contribution in [1.82, 2.24) is 20.0 Å². The molecule has 2 heterocycles. The monoisotopic (exact) mass is 448 g/mol. The van der Waals surface area contributed by atoms with Crippen molar-refractivity contribution in [2.24, 2.45) is 0 Å². The van der Waals surface area contributed by atoms with Gasteiger partial charge in [0, 0.05) is 12.3 Å². The fraction of sp³-hybridized carbons (Fsp3) is 0.182. The van der Waals surface area contributed by atoms with Crippen LogP contribution < -0.4 is 10.1 Å². The first-order valence-electron chi connectivity index (χ1n) is 9.55. The minimum Gasteiger partial charge on any atom is -0.497 e. The Morgan fingerprint density at radius 1 is 1.13 bits per heavy atom. The summed E-state index contributed by atoms with van der Waals surface area (Å²) in [6, 6.07) is 20.0. The van der Waals surface area contributed by atoms with Gasteiger partial charge in [0.05, 0.1) is 29.7 Å². The number of nitrogens with one attached hydrogen (secondary N) is 1. The summed E-state index contributed by atoms with van der Waals surface area (Å²) in [5, 5.41) is 26.7. The number of ether oxygens (including phenoxy) is 1. The van der Waals surface area contributed by atoms with Crippen LogP contribution in [0.1, 0.15) is 22.5 Å². The van der Waals surface area contributed by atoms with Crippen molar-refractivity contribution in [2.75, 3.05) is 12.4 Å². The Balaban J connectivity index is 1.43. The summed E-state index contributed by atoms with van der Waals surface area (Å²) in [7, 11) is 1.65. The Morgan fingerprint density at radius 3 is 2.61 bits per heavy atom. The predicted molar refractivity (Wildman–Crippen MR) is 123 cm³/mol. The first-order valence-corrected chi connectivity index (χ1v) is 11.3. The Morgan fingerprint density at radius 2 is 1.90 bits per heavy atom. The smallest absolute Gasteiger partial charge is 0.206 e. The van der Waals surface area contributed by atoms with Crippen LogP contribution in [0.4, 0.5) is 5.13 Å². The van der Waals surface area contributed by atoms with Crippen LogP contribution in [0.25, 0.3) is 5.69 Å². The number of hydrogen-bond donors (Lipinski definition) is 1. The van der Waals surface area contributed by atoms with Crippen molar-refractivity contribution in [3.63, 3.8) is 0 Å². The van der Waals surface area contributed by atoms with E-state index in [-0.39, 0.29) is 0 Å². The quantitative estimate of drug-likeness (QED) is 0.387. The van der Waals surface area contributed by atoms with Crippen LogP contribution in [0.2, 0.25) is 0 Å². The highest BCUT2D eigenvalue weighted by Crippen LogP contribution is 2.31. The highest BCUT2D eigenvalue weighted by atomic mass is 32.2. The number of hydrogen-bond acceptors (Lipinski definition) is 8. The number of methoxy groups -OCH3 is 1. The molecule has 0 aliphatic heterocycles. The Labute approximate surface area is 188 Å². The number of para-hydroxylation sites is 1. The molecule has 9 heteroatoms. The second kappa shape index (κ2) is 9.64. The number of anilines is 1. The maximum Gasteiger partial charge on any atom is 0.206 e. The lowest BCUT2D eigenvalue weighted by molar-refractivity contribution is 0.414. The molecule has 0 spiro atoms. The fourth-order valence-electron chi connectivity index (χ4n) is 3.03. The van der Waals surface area contributed by atoms with Gasteiger partial charge >= 0.3 is 0 Å². The number of nitriles is 1. The molecule has 0 saturated carbocycles. The second-order valence-electron chi connectivity index (χ2n) is 6.63. The van der Waals surface area contributed by atoms with Crippen LogP contribution in [0.5, 0.6) is 5.75 Å². The predicted octanol–water partition coefficient (Wildman–Crippen LogP) is 4.82. The Kier molecular flexibility index (Phi) is 6.50. The Bertz CT molecular complexity index is 1200. The summed E-state index contributed by atoms with van der Waals surface area (Å²) < 4.78 is 7.85. The molecule has 0 radical (unpaired) electrons. The van der Waals surface area contributed by atoms with E-state index < -0.39 is 0 Å². The summed E-state index contributed by atoms with van der Waals surface area (Å²) in [6.45, 7) is 2.51. The largest absolute Gasteiger partial charge is 0.497 e. The van der Waals surface area contributed by atoms with E-state index >= 15 is 0 Å². The minimum absolute atomic E-state index is 0.575. The summed E-state index contributed by atoms with van der Waals surface area (Å²) in [4.78, 5) is 0. The van der Waals surface area contributed by atoms with Crippen LogP contribution >= 0.6 is 23.1 Å². The average Bonchev–Trinajstić information content (AvgIpc) is 3.40. The van der Waals surface area contributed by atoms with E-state index in [0.29, 0.717) is 17.9 Å². The van der Waals surface area contributed by atoms with Crippen LogP contribution in [0, 0.1) is 18.3 Å². The van der Waals surface area contributed by atoms with Crippen LogP contribution in [-0.4, -0.2) is 27.1 Å². The Hall–Kier alpha value is -3.35. The lowest BCUT2D eigenvalue weighted by atomic mass is 10.2. The third-order valence-electron chi connectivity index (χ3n) is 4.61. The van der Waals surface area contributed by atoms with Crippen LogP contribution in [0.15, 0.2) is 58.9 Å². The number of aromatic nitrogens is 4. The molecule has 0 amide bonds. The lowest BCUT2D eigenvalue weighted by Crippen LogP contribution is -2.01. The van der Waals surface area contributed by atoms with Gasteiger partial charge in [-0.25, -0.2) is 4.68 Å². The highest BCUT2D eigenvalue weighted by Gasteiger charge is 2.17. The summed E-state index contributed by atoms with van der Waals surface area (Å²) in [6.07, 6.45) is 0. The number of thioether (sulfide) groups is 1. The van der Waals surface area contributed by atoms with Crippen LogP contribution in [0.3, 0.4) is 0 Å². The van der Waals surface area contributed by atoms with E-state index in [0.717, 1.165) is 37.9 Å². The minimum atomic E-state index is 0.575. The van der Waals surface area contributed by atoms with Gasteiger partial charge in [0.1, 0.15) is 11.8 Å². The summed E-state index contributed by atoms with van der Waals surface area (Å²) >= 11 is 3.04. The van der Waals surface area contributed by atoms with Crippen molar-refractivity contribution in [3.05, 3.63) is 77.1 Å². The zero-order valence-corrected chi connectivity index (χ0v) is 18.7. The molecule has 2 aromatic carbocycles. The number of aryl methyl sites for hydroxylation is 1. The molecule has 156 valence electrons. The van der Waals surface area contributed by atoms with Gasteiger partial charge in [-0.3, -0.25) is 0 Å². The zero-order valence-electron chi connectivity index (χ0n) is 17.1. The standard InChI is InChI=1S/C22H20N6OS2/c1-15-19(12-23)20(28(27-15)17-6-4-3-5-7-17)14-30-22-26-25-21(31-22)24-13-16-8-10-18(29-2)11-9-16/h3-11H,13-14H2,1-2H3,(H,24,25). The normalized spacial score (nSPS) is 10.6. The average molecular weight is 449 g/mol. The molecular weight excluding hydrogens is 428 g/mol. The SMILES string of the molecule is COc1ccc(CNc2nnc(SCc3c(C#N)c(C)nn3-c3ccccc3)s2)cc1. The molecule has 4 aromatic rings. The van der Waals surface area contributed by atoms with E-state index in [1.807, 2.05) is 66.2 Å². The molecule has 2 aromatic heterocycles. The van der Waals surface area contributed by atoms with Crippen molar-refractivity contribution in [1.29, 1.82) is 5.26 Å². The molecular formula is C22H20N6OS2. The van der Waals surface area contributed by atoms with Crippen LogP contribution in [-0.2, 0) is 12.3 Å². The molecule has 7 nitrogen and oxygen atoms in total. The summed E-state index contributed by atoms with van der Waals surface area (Å²) in [5.74, 6) is 1.41. The maximum atomic E-state index is 9.62. The van der Waals surface area contributed by atoms with Gasteiger partial charge in [-0.05, 0) is 36.8 Å². The molecule has 0 saturated heterocycles.